The fourth-order valence-corrected chi connectivity index (χ4v) is 2.04. The Morgan fingerprint density at radius 2 is 2.50 bits per heavy atom. The molecule has 1 saturated heterocycles. The average molecular weight is 253 g/mol. The van der Waals surface area contributed by atoms with Crippen LogP contribution >= 0.6 is 0 Å². The van der Waals surface area contributed by atoms with Crippen molar-refractivity contribution in [2.24, 2.45) is 0 Å². The van der Waals surface area contributed by atoms with Crippen LogP contribution in [0.3, 0.4) is 0 Å². The molecular formula is C12H16FN3O2. The van der Waals surface area contributed by atoms with Crippen molar-refractivity contribution in [3.63, 3.8) is 0 Å². The molecule has 0 aliphatic carbocycles. The van der Waals surface area contributed by atoms with Crippen molar-refractivity contribution in [2.75, 3.05) is 25.5 Å². The highest BCUT2D eigenvalue weighted by molar-refractivity contribution is 5.95. The Bertz CT molecular complexity index is 453. The molecule has 98 valence electrons. The minimum Gasteiger partial charge on any atom is -0.381 e. The normalized spacial score (nSPS) is 19.9. The van der Waals surface area contributed by atoms with Gasteiger partial charge in [-0.2, -0.15) is 0 Å². The molecule has 1 aromatic heterocycles. The minimum atomic E-state index is -0.746. The Morgan fingerprint density at radius 1 is 1.72 bits per heavy atom. The SMILES string of the molecule is CCC1COCCN1C(=O)c1ccnc(N)c1F. The van der Waals surface area contributed by atoms with E-state index in [2.05, 4.69) is 4.98 Å². The monoisotopic (exact) mass is 253 g/mol. The highest BCUT2D eigenvalue weighted by atomic mass is 19.1. The standard InChI is InChI=1S/C12H16FN3O2/c1-2-8-7-18-6-5-16(8)12(17)9-3-4-15-11(14)10(9)13/h3-4,8H,2,5-7H2,1H3,(H2,14,15). The summed E-state index contributed by atoms with van der Waals surface area (Å²) in [6.07, 6.45) is 2.11. The maximum absolute atomic E-state index is 13.8. The largest absolute Gasteiger partial charge is 0.381 e. The van der Waals surface area contributed by atoms with E-state index in [9.17, 15) is 9.18 Å². The van der Waals surface area contributed by atoms with Gasteiger partial charge >= 0.3 is 0 Å². The highest BCUT2D eigenvalue weighted by Crippen LogP contribution is 2.18. The summed E-state index contributed by atoms with van der Waals surface area (Å²) in [5.74, 6) is -1.34. The van der Waals surface area contributed by atoms with Crippen LogP contribution in [0.2, 0.25) is 0 Å². The number of nitrogens with zero attached hydrogens (tertiary/aromatic N) is 2. The van der Waals surface area contributed by atoms with Crippen molar-refractivity contribution in [3.8, 4) is 0 Å². The topological polar surface area (TPSA) is 68.5 Å². The van der Waals surface area contributed by atoms with E-state index in [1.165, 1.54) is 12.3 Å². The predicted octanol–water partition coefficient (Wildman–Crippen LogP) is 1.05. The first kappa shape index (κ1) is 12.8. The Kier molecular flexibility index (Phi) is 3.76. The molecule has 1 unspecified atom stereocenters. The van der Waals surface area contributed by atoms with Gasteiger partial charge in [0, 0.05) is 12.7 Å². The molecule has 18 heavy (non-hydrogen) atoms. The number of morpholine rings is 1. The number of pyridine rings is 1. The molecule has 6 heteroatoms. The third-order valence-electron chi connectivity index (χ3n) is 3.11. The number of hydrogen-bond donors (Lipinski definition) is 1. The summed E-state index contributed by atoms with van der Waals surface area (Å²) in [6.45, 7) is 3.41. The summed E-state index contributed by atoms with van der Waals surface area (Å²) < 4.78 is 19.1. The van der Waals surface area contributed by atoms with Gasteiger partial charge in [0.25, 0.3) is 5.91 Å². The first-order valence-corrected chi connectivity index (χ1v) is 5.93. The number of amides is 1. The van der Waals surface area contributed by atoms with Gasteiger partial charge in [-0.25, -0.2) is 9.37 Å². The van der Waals surface area contributed by atoms with Crippen molar-refractivity contribution < 1.29 is 13.9 Å². The first-order chi connectivity index (χ1) is 8.65. The quantitative estimate of drug-likeness (QED) is 0.855. The van der Waals surface area contributed by atoms with E-state index < -0.39 is 5.82 Å². The van der Waals surface area contributed by atoms with Crippen LogP contribution in [0, 0.1) is 5.82 Å². The summed E-state index contributed by atoms with van der Waals surface area (Å²) in [5.41, 5.74) is 5.35. The molecule has 0 aromatic carbocycles. The number of nitrogen functional groups attached to an aromatic ring is 1. The molecule has 1 aliphatic rings. The molecule has 0 saturated carbocycles. The number of ether oxygens (including phenoxy) is 1. The van der Waals surface area contributed by atoms with E-state index in [0.717, 1.165) is 6.42 Å². The maximum Gasteiger partial charge on any atom is 0.257 e. The predicted molar refractivity (Wildman–Crippen MR) is 64.5 cm³/mol. The van der Waals surface area contributed by atoms with Crippen molar-refractivity contribution in [3.05, 3.63) is 23.6 Å². The van der Waals surface area contributed by atoms with E-state index in [4.69, 9.17) is 10.5 Å². The van der Waals surface area contributed by atoms with Crippen LogP contribution in [0.5, 0.6) is 0 Å². The van der Waals surface area contributed by atoms with Gasteiger partial charge in [-0.05, 0) is 12.5 Å². The van der Waals surface area contributed by atoms with E-state index in [1.54, 1.807) is 4.90 Å². The molecule has 0 bridgehead atoms. The van der Waals surface area contributed by atoms with Gasteiger partial charge in [-0.1, -0.05) is 6.92 Å². The maximum atomic E-state index is 13.8. The molecule has 0 radical (unpaired) electrons. The van der Waals surface area contributed by atoms with Crippen molar-refractivity contribution in [2.45, 2.75) is 19.4 Å². The molecular weight excluding hydrogens is 237 g/mol. The van der Waals surface area contributed by atoms with Crippen molar-refractivity contribution in [1.82, 2.24) is 9.88 Å². The second-order valence-electron chi connectivity index (χ2n) is 4.19. The lowest BCUT2D eigenvalue weighted by atomic mass is 10.1. The summed E-state index contributed by atoms with van der Waals surface area (Å²) in [4.78, 5) is 17.5. The Labute approximate surface area is 105 Å². The number of hydrogen-bond acceptors (Lipinski definition) is 4. The lowest BCUT2D eigenvalue weighted by Crippen LogP contribution is -2.48. The molecule has 2 N–H and O–H groups in total. The van der Waals surface area contributed by atoms with Crippen LogP contribution in [0.1, 0.15) is 23.7 Å². The van der Waals surface area contributed by atoms with Crippen LogP contribution < -0.4 is 5.73 Å². The van der Waals surface area contributed by atoms with Crippen molar-refractivity contribution >= 4 is 11.7 Å². The minimum absolute atomic E-state index is 0.0139. The van der Waals surface area contributed by atoms with Crippen LogP contribution in [-0.2, 0) is 4.74 Å². The molecule has 0 spiro atoms. The summed E-state index contributed by atoms with van der Waals surface area (Å²) >= 11 is 0. The zero-order chi connectivity index (χ0) is 13.1. The third kappa shape index (κ3) is 2.28. The van der Waals surface area contributed by atoms with E-state index >= 15 is 0 Å². The summed E-state index contributed by atoms with van der Waals surface area (Å²) in [7, 11) is 0. The van der Waals surface area contributed by atoms with Gasteiger partial charge in [0.1, 0.15) is 0 Å². The Hall–Kier alpha value is -1.69. The first-order valence-electron chi connectivity index (χ1n) is 5.93. The number of carbonyl (C=O) groups is 1. The molecule has 1 fully saturated rings. The number of rotatable bonds is 2. The van der Waals surface area contributed by atoms with Gasteiger partial charge in [-0.3, -0.25) is 4.79 Å². The van der Waals surface area contributed by atoms with E-state index in [-0.39, 0.29) is 23.3 Å². The number of anilines is 1. The summed E-state index contributed by atoms with van der Waals surface area (Å²) in [5, 5.41) is 0. The van der Waals surface area contributed by atoms with Gasteiger partial charge < -0.3 is 15.4 Å². The number of nitrogens with two attached hydrogens (primary N) is 1. The average Bonchev–Trinajstić information content (AvgIpc) is 2.41. The molecule has 2 heterocycles. The number of aromatic nitrogens is 1. The van der Waals surface area contributed by atoms with Gasteiger partial charge in [0.2, 0.25) is 0 Å². The molecule has 1 aromatic rings. The van der Waals surface area contributed by atoms with Crippen molar-refractivity contribution in [1.29, 1.82) is 0 Å². The lowest BCUT2D eigenvalue weighted by Gasteiger charge is -2.35. The van der Waals surface area contributed by atoms with Gasteiger partial charge in [0.05, 0.1) is 24.8 Å². The number of halogens is 1. The second kappa shape index (κ2) is 5.30. The molecule has 1 atom stereocenters. The Balaban J connectivity index is 2.27. The smallest absolute Gasteiger partial charge is 0.257 e. The fourth-order valence-electron chi connectivity index (χ4n) is 2.04. The van der Waals surface area contributed by atoms with E-state index in [1.807, 2.05) is 6.92 Å². The fraction of sp³-hybridized carbons (Fsp3) is 0.500. The molecule has 1 aliphatic heterocycles. The van der Waals surface area contributed by atoms with Crippen LogP contribution in [-0.4, -0.2) is 41.6 Å². The number of carbonyl (C=O) groups excluding carboxylic acids is 1. The molecule has 2 rings (SSSR count). The second-order valence-corrected chi connectivity index (χ2v) is 4.19. The molecule has 5 nitrogen and oxygen atoms in total. The highest BCUT2D eigenvalue weighted by Gasteiger charge is 2.28. The zero-order valence-electron chi connectivity index (χ0n) is 10.2. The van der Waals surface area contributed by atoms with E-state index in [0.29, 0.717) is 19.8 Å². The van der Waals surface area contributed by atoms with Crippen LogP contribution in [0.25, 0.3) is 0 Å². The summed E-state index contributed by atoms with van der Waals surface area (Å²) in [6, 6.07) is 1.34. The van der Waals surface area contributed by atoms with Gasteiger partial charge in [0.15, 0.2) is 11.6 Å². The zero-order valence-corrected chi connectivity index (χ0v) is 10.2. The third-order valence-corrected chi connectivity index (χ3v) is 3.11. The lowest BCUT2D eigenvalue weighted by molar-refractivity contribution is -0.00303. The molecule has 1 amide bonds. The van der Waals surface area contributed by atoms with Crippen LogP contribution in [0.15, 0.2) is 12.3 Å². The van der Waals surface area contributed by atoms with Crippen LogP contribution in [0.4, 0.5) is 10.2 Å². The Morgan fingerprint density at radius 3 is 3.22 bits per heavy atom. The van der Waals surface area contributed by atoms with Gasteiger partial charge in [-0.15, -0.1) is 0 Å².